The van der Waals surface area contributed by atoms with Crippen molar-refractivity contribution in [3.63, 3.8) is 0 Å². The van der Waals surface area contributed by atoms with Crippen LogP contribution in [0.3, 0.4) is 0 Å². The monoisotopic (exact) mass is 476 g/mol. The molecule has 8 nitrogen and oxygen atoms in total. The van der Waals surface area contributed by atoms with E-state index in [2.05, 4.69) is 9.97 Å². The lowest BCUT2D eigenvalue weighted by atomic mass is 10.1. The van der Waals surface area contributed by atoms with Gasteiger partial charge in [0.15, 0.2) is 6.29 Å². The fraction of sp³-hybridized carbons (Fsp3) is 0.0833. The molecule has 3 aromatic heterocycles. The minimum atomic E-state index is -0.683. The zero-order chi connectivity index (χ0) is 24.0. The Kier molecular flexibility index (Phi) is 5.21. The minimum absolute atomic E-state index is 0.0900. The van der Waals surface area contributed by atoms with Gasteiger partial charge in [0.05, 0.1) is 35.9 Å². The molecule has 5 rings (SSSR count). The second-order valence-corrected chi connectivity index (χ2v) is 8.54. The Morgan fingerprint density at radius 2 is 1.91 bits per heavy atom. The molecule has 34 heavy (non-hydrogen) atoms. The van der Waals surface area contributed by atoms with Gasteiger partial charge in [-0.2, -0.15) is 0 Å². The van der Waals surface area contributed by atoms with E-state index >= 15 is 0 Å². The van der Waals surface area contributed by atoms with Crippen LogP contribution in [0.1, 0.15) is 16.1 Å². The Bertz CT molecular complexity index is 1680. The number of aromatic nitrogens is 4. The molecule has 0 amide bonds. The summed E-state index contributed by atoms with van der Waals surface area (Å²) in [4.78, 5) is 45.8. The summed E-state index contributed by atoms with van der Waals surface area (Å²) < 4.78 is 21.6. The molecule has 0 aliphatic rings. The van der Waals surface area contributed by atoms with Crippen LogP contribution in [0.2, 0.25) is 0 Å². The second-order valence-electron chi connectivity index (χ2n) is 7.52. The number of hydrogen-bond donors (Lipinski definition) is 1. The number of methoxy groups -OCH3 is 1. The van der Waals surface area contributed by atoms with E-state index in [4.69, 9.17) is 4.74 Å². The molecule has 0 unspecified atom stereocenters. The van der Waals surface area contributed by atoms with Crippen molar-refractivity contribution in [3.8, 4) is 27.6 Å². The highest BCUT2D eigenvalue weighted by Crippen LogP contribution is 2.38. The maximum absolute atomic E-state index is 13.3. The molecule has 0 aliphatic heterocycles. The first-order chi connectivity index (χ1) is 16.4. The molecule has 0 aliphatic carbocycles. The van der Waals surface area contributed by atoms with Gasteiger partial charge in [0.25, 0.3) is 5.56 Å². The Labute approximate surface area is 195 Å². The van der Waals surface area contributed by atoms with E-state index < -0.39 is 17.1 Å². The maximum Gasteiger partial charge on any atom is 0.334 e. The molecule has 0 fully saturated rings. The molecule has 0 saturated carbocycles. The number of thiophene rings is 1. The van der Waals surface area contributed by atoms with E-state index in [1.54, 1.807) is 12.4 Å². The fourth-order valence-electron chi connectivity index (χ4n) is 3.84. The number of ether oxygens (including phenoxy) is 1. The SMILES string of the molecule is COc1cc(-c2sc3[nH]c(=O)n(-c4ccc(F)cc4)c(=O)c3c2C=O)ccc1-n1cnc(C)c1. The van der Waals surface area contributed by atoms with Gasteiger partial charge in [0.1, 0.15) is 16.4 Å². The van der Waals surface area contributed by atoms with E-state index in [9.17, 15) is 18.8 Å². The third-order valence-corrected chi connectivity index (χ3v) is 6.59. The highest BCUT2D eigenvalue weighted by molar-refractivity contribution is 7.22. The molecule has 2 aromatic carbocycles. The van der Waals surface area contributed by atoms with Crippen molar-refractivity contribution in [1.29, 1.82) is 0 Å². The first kappa shape index (κ1) is 21.5. The predicted octanol–water partition coefficient (Wildman–Crippen LogP) is 3.86. The highest BCUT2D eigenvalue weighted by Gasteiger charge is 2.21. The van der Waals surface area contributed by atoms with Gasteiger partial charge in [0, 0.05) is 16.6 Å². The van der Waals surface area contributed by atoms with Gasteiger partial charge in [0.2, 0.25) is 0 Å². The number of H-pyrrole nitrogens is 1. The molecule has 170 valence electrons. The lowest BCUT2D eigenvalue weighted by Gasteiger charge is -2.11. The number of hydrogen-bond acceptors (Lipinski definition) is 6. The Morgan fingerprint density at radius 1 is 1.15 bits per heavy atom. The molecule has 10 heteroatoms. The molecule has 0 bridgehead atoms. The number of halogens is 1. The van der Waals surface area contributed by atoms with Crippen molar-refractivity contribution in [2.75, 3.05) is 7.11 Å². The van der Waals surface area contributed by atoms with Crippen molar-refractivity contribution in [2.45, 2.75) is 6.92 Å². The maximum atomic E-state index is 13.3. The normalized spacial score (nSPS) is 11.1. The number of aldehydes is 1. The molecule has 1 N–H and O–H groups in total. The number of nitrogens with one attached hydrogen (secondary N) is 1. The van der Waals surface area contributed by atoms with Gasteiger partial charge in [-0.15, -0.1) is 11.3 Å². The number of carbonyl (C=O) groups is 1. The standard InChI is InChI=1S/C24H17FN4O4S/c1-13-10-28(12-26-13)18-8-3-14(9-19(18)33-2)21-17(11-30)20-22(34-21)27-24(32)29(23(20)31)16-6-4-15(25)5-7-16/h3-12H,1-2H3,(H,27,32). The number of aromatic amines is 1. The largest absolute Gasteiger partial charge is 0.495 e. The van der Waals surface area contributed by atoms with E-state index in [1.807, 2.05) is 29.8 Å². The van der Waals surface area contributed by atoms with Crippen molar-refractivity contribution in [1.82, 2.24) is 19.1 Å². The van der Waals surface area contributed by atoms with Gasteiger partial charge in [-0.3, -0.25) is 14.6 Å². The first-order valence-corrected chi connectivity index (χ1v) is 10.9. The average molecular weight is 476 g/mol. The minimum Gasteiger partial charge on any atom is -0.495 e. The number of nitrogens with zero attached hydrogens (tertiary/aromatic N) is 3. The van der Waals surface area contributed by atoms with Gasteiger partial charge < -0.3 is 9.30 Å². The number of benzene rings is 2. The fourth-order valence-corrected chi connectivity index (χ4v) is 4.98. The zero-order valence-corrected chi connectivity index (χ0v) is 18.9. The summed E-state index contributed by atoms with van der Waals surface area (Å²) in [5.74, 6) is 0.0466. The summed E-state index contributed by atoms with van der Waals surface area (Å²) in [6.07, 6.45) is 4.13. The average Bonchev–Trinajstić information content (AvgIpc) is 3.43. The van der Waals surface area contributed by atoms with Crippen LogP contribution in [-0.4, -0.2) is 32.5 Å². The Morgan fingerprint density at radius 3 is 2.56 bits per heavy atom. The van der Waals surface area contributed by atoms with Crippen LogP contribution >= 0.6 is 11.3 Å². The van der Waals surface area contributed by atoms with Crippen molar-refractivity contribution < 1.29 is 13.9 Å². The summed E-state index contributed by atoms with van der Waals surface area (Å²) in [6.45, 7) is 1.88. The number of aryl methyl sites for hydroxylation is 1. The zero-order valence-electron chi connectivity index (χ0n) is 18.0. The molecular formula is C24H17FN4O4S. The Balaban J connectivity index is 1.72. The van der Waals surface area contributed by atoms with E-state index in [0.717, 1.165) is 39.4 Å². The van der Waals surface area contributed by atoms with E-state index in [1.165, 1.54) is 19.2 Å². The van der Waals surface area contributed by atoms with Crippen molar-refractivity contribution in [2.24, 2.45) is 0 Å². The van der Waals surface area contributed by atoms with E-state index in [0.29, 0.717) is 22.5 Å². The molecule has 0 saturated heterocycles. The number of imidazole rings is 1. The molecule has 0 atom stereocenters. The van der Waals surface area contributed by atoms with Crippen molar-refractivity contribution >= 4 is 27.8 Å². The van der Waals surface area contributed by atoms with E-state index in [-0.39, 0.29) is 21.5 Å². The lowest BCUT2D eigenvalue weighted by Crippen LogP contribution is -2.33. The van der Waals surface area contributed by atoms with Crippen molar-refractivity contribution in [3.05, 3.63) is 92.9 Å². The van der Waals surface area contributed by atoms with Crippen LogP contribution in [-0.2, 0) is 0 Å². The molecule has 3 heterocycles. The van der Waals surface area contributed by atoms with Gasteiger partial charge in [-0.25, -0.2) is 18.7 Å². The number of carbonyl (C=O) groups excluding carboxylic acids is 1. The summed E-state index contributed by atoms with van der Waals surface area (Å²) in [6, 6.07) is 10.4. The molecular weight excluding hydrogens is 459 g/mol. The number of fused-ring (bicyclic) bond motifs is 1. The molecule has 0 spiro atoms. The summed E-state index contributed by atoms with van der Waals surface area (Å²) in [5, 5.41) is 0.0900. The van der Waals surface area contributed by atoms with Crippen LogP contribution in [0.5, 0.6) is 5.75 Å². The number of rotatable bonds is 5. The van der Waals surface area contributed by atoms with Gasteiger partial charge in [-0.05, 0) is 48.9 Å². The highest BCUT2D eigenvalue weighted by atomic mass is 32.1. The first-order valence-electron chi connectivity index (χ1n) is 10.1. The van der Waals surface area contributed by atoms with Crippen LogP contribution in [0.15, 0.2) is 64.6 Å². The predicted molar refractivity (Wildman–Crippen MR) is 127 cm³/mol. The Hall–Kier alpha value is -4.31. The third kappa shape index (κ3) is 3.44. The molecule has 5 aromatic rings. The summed E-state index contributed by atoms with van der Waals surface area (Å²) in [5.41, 5.74) is 1.26. The van der Waals surface area contributed by atoms with Crippen LogP contribution < -0.4 is 16.0 Å². The van der Waals surface area contributed by atoms with Crippen LogP contribution in [0.4, 0.5) is 4.39 Å². The van der Waals surface area contributed by atoms with Crippen LogP contribution in [0.25, 0.3) is 32.0 Å². The molecule has 0 radical (unpaired) electrons. The smallest absolute Gasteiger partial charge is 0.334 e. The topological polar surface area (TPSA) is 99.0 Å². The van der Waals surface area contributed by atoms with Crippen LogP contribution in [0, 0.1) is 12.7 Å². The summed E-state index contributed by atoms with van der Waals surface area (Å²) >= 11 is 1.13. The van der Waals surface area contributed by atoms with Gasteiger partial charge in [-0.1, -0.05) is 6.07 Å². The second kappa shape index (κ2) is 8.23. The quantitative estimate of drug-likeness (QED) is 0.389. The third-order valence-electron chi connectivity index (χ3n) is 5.42. The van der Waals surface area contributed by atoms with Gasteiger partial charge >= 0.3 is 5.69 Å². The summed E-state index contributed by atoms with van der Waals surface area (Å²) in [7, 11) is 1.54. The lowest BCUT2D eigenvalue weighted by molar-refractivity contribution is 0.112.